The zero-order chi connectivity index (χ0) is 19.8. The van der Waals surface area contributed by atoms with Crippen LogP contribution in [0.15, 0.2) is 30.3 Å². The van der Waals surface area contributed by atoms with Gasteiger partial charge in [0.25, 0.3) is 0 Å². The van der Waals surface area contributed by atoms with Crippen molar-refractivity contribution in [3.63, 3.8) is 0 Å². The number of sulfonamides is 1. The molecule has 1 saturated heterocycles. The van der Waals surface area contributed by atoms with Crippen molar-refractivity contribution in [3.8, 4) is 0 Å². The van der Waals surface area contributed by atoms with Crippen molar-refractivity contribution in [1.82, 2.24) is 4.31 Å². The summed E-state index contributed by atoms with van der Waals surface area (Å²) in [5.74, 6) is 0.548. The van der Waals surface area contributed by atoms with Crippen LogP contribution >= 0.6 is 0 Å². The van der Waals surface area contributed by atoms with Crippen molar-refractivity contribution in [3.05, 3.63) is 41.5 Å². The minimum absolute atomic E-state index is 0.00844. The van der Waals surface area contributed by atoms with Crippen LogP contribution in [0, 0.1) is 16.7 Å². The standard InChI is InChI=1S/C23H31NO3S/c1-21(2)18-8-10-23(21,20(25)15-18)16-28(26,27)24-13-11-22(12-14-24)9-7-17-5-3-4-6-19(17)22/h3-7,9,18,20,25H,8,10-16H2,1-2H3/t18?,20?,23-/m1/s1. The molecule has 1 heterocycles. The van der Waals surface area contributed by atoms with E-state index < -0.39 is 21.5 Å². The molecule has 0 amide bonds. The number of hydrogen-bond donors (Lipinski definition) is 1. The van der Waals surface area contributed by atoms with E-state index in [1.807, 2.05) is 0 Å². The summed E-state index contributed by atoms with van der Waals surface area (Å²) in [6.07, 6.45) is 8.29. The first-order valence-electron chi connectivity index (χ1n) is 10.6. The number of piperidine rings is 1. The fourth-order valence-corrected chi connectivity index (χ4v) is 9.11. The molecule has 4 nitrogen and oxygen atoms in total. The first-order valence-corrected chi connectivity index (χ1v) is 12.3. The Hall–Kier alpha value is -1.17. The molecule has 0 aromatic heterocycles. The summed E-state index contributed by atoms with van der Waals surface area (Å²) in [4.78, 5) is 0. The average Bonchev–Trinajstić information content (AvgIpc) is 3.19. The van der Waals surface area contributed by atoms with Gasteiger partial charge in [-0.15, -0.1) is 0 Å². The minimum Gasteiger partial charge on any atom is -0.392 e. The normalized spacial score (nSPS) is 35.5. The summed E-state index contributed by atoms with van der Waals surface area (Å²) in [6.45, 7) is 5.47. The minimum atomic E-state index is -3.39. The van der Waals surface area contributed by atoms with Crippen molar-refractivity contribution in [1.29, 1.82) is 0 Å². The van der Waals surface area contributed by atoms with Crippen molar-refractivity contribution in [2.75, 3.05) is 18.8 Å². The molecule has 2 saturated carbocycles. The van der Waals surface area contributed by atoms with E-state index in [9.17, 15) is 13.5 Å². The third-order valence-electron chi connectivity index (χ3n) is 8.92. The summed E-state index contributed by atoms with van der Waals surface area (Å²) in [6, 6.07) is 8.47. The quantitative estimate of drug-likeness (QED) is 0.842. The van der Waals surface area contributed by atoms with Gasteiger partial charge in [-0.1, -0.05) is 50.3 Å². The molecule has 1 N–H and O–H groups in total. The number of allylic oxidation sites excluding steroid dienone is 1. The fraction of sp³-hybridized carbons (Fsp3) is 0.652. The van der Waals surface area contributed by atoms with E-state index in [1.54, 1.807) is 4.31 Å². The Bertz CT molecular complexity index is 927. The van der Waals surface area contributed by atoms with E-state index in [1.165, 1.54) is 11.1 Å². The van der Waals surface area contributed by atoms with Gasteiger partial charge in [-0.2, -0.15) is 0 Å². The number of fused-ring (bicyclic) bond motifs is 4. The number of aliphatic hydroxyl groups excluding tert-OH is 1. The van der Waals surface area contributed by atoms with Crippen molar-refractivity contribution >= 4 is 16.1 Å². The highest BCUT2D eigenvalue weighted by atomic mass is 32.2. The van der Waals surface area contributed by atoms with Gasteiger partial charge >= 0.3 is 0 Å². The second-order valence-corrected chi connectivity index (χ2v) is 12.1. The second kappa shape index (κ2) is 5.93. The number of nitrogens with zero attached hydrogens (tertiary/aromatic N) is 1. The molecule has 5 heteroatoms. The van der Waals surface area contributed by atoms with Gasteiger partial charge in [0.1, 0.15) is 0 Å². The Labute approximate surface area is 168 Å². The highest BCUT2D eigenvalue weighted by molar-refractivity contribution is 7.89. The zero-order valence-corrected chi connectivity index (χ0v) is 17.7. The lowest BCUT2D eigenvalue weighted by molar-refractivity contribution is 0.0143. The lowest BCUT2D eigenvalue weighted by Crippen LogP contribution is -2.51. The summed E-state index contributed by atoms with van der Waals surface area (Å²) in [7, 11) is -3.39. The third kappa shape index (κ3) is 2.39. The van der Waals surface area contributed by atoms with Gasteiger partial charge in [-0.3, -0.25) is 0 Å². The molecular weight excluding hydrogens is 370 g/mol. The Morgan fingerprint density at radius 1 is 1.14 bits per heavy atom. The molecule has 4 aliphatic rings. The Morgan fingerprint density at radius 2 is 1.86 bits per heavy atom. The molecule has 3 aliphatic carbocycles. The van der Waals surface area contributed by atoms with E-state index in [0.29, 0.717) is 19.0 Å². The van der Waals surface area contributed by atoms with Crippen molar-refractivity contribution in [2.45, 2.75) is 57.5 Å². The van der Waals surface area contributed by atoms with Crippen LogP contribution in [-0.4, -0.2) is 42.8 Å². The molecule has 3 atom stereocenters. The van der Waals surface area contributed by atoms with E-state index in [0.717, 1.165) is 32.1 Å². The van der Waals surface area contributed by atoms with Crippen LogP contribution < -0.4 is 0 Å². The molecule has 3 fully saturated rings. The maximum atomic E-state index is 13.4. The fourth-order valence-electron chi connectivity index (χ4n) is 6.83. The highest BCUT2D eigenvalue weighted by Crippen LogP contribution is 2.66. The average molecular weight is 402 g/mol. The molecule has 1 aliphatic heterocycles. The monoisotopic (exact) mass is 401 g/mol. The van der Waals surface area contributed by atoms with Crippen LogP contribution in [0.25, 0.3) is 6.08 Å². The van der Waals surface area contributed by atoms with Crippen LogP contribution in [0.1, 0.15) is 57.1 Å². The van der Waals surface area contributed by atoms with E-state index in [2.05, 4.69) is 50.3 Å². The predicted molar refractivity (Wildman–Crippen MR) is 111 cm³/mol. The van der Waals surface area contributed by atoms with Crippen molar-refractivity contribution in [2.24, 2.45) is 16.7 Å². The third-order valence-corrected chi connectivity index (χ3v) is 10.9. The lowest BCUT2D eigenvalue weighted by atomic mass is 9.70. The molecule has 1 aromatic rings. The number of benzene rings is 1. The summed E-state index contributed by atoms with van der Waals surface area (Å²) >= 11 is 0. The van der Waals surface area contributed by atoms with Gasteiger partial charge in [-0.05, 0) is 54.6 Å². The smallest absolute Gasteiger partial charge is 0.214 e. The maximum Gasteiger partial charge on any atom is 0.214 e. The summed E-state index contributed by atoms with van der Waals surface area (Å²) in [5.41, 5.74) is 2.02. The SMILES string of the molecule is CC1(C)C2CC[C@@]1(CS(=O)(=O)N1CCC3(C=Cc4ccccc43)CC1)C(O)C2. The summed E-state index contributed by atoms with van der Waals surface area (Å²) in [5, 5.41) is 10.8. The predicted octanol–water partition coefficient (Wildman–Crippen LogP) is 3.56. The van der Waals surface area contributed by atoms with Crippen LogP contribution in [0.3, 0.4) is 0 Å². The summed E-state index contributed by atoms with van der Waals surface area (Å²) < 4.78 is 28.5. The Morgan fingerprint density at radius 3 is 2.50 bits per heavy atom. The van der Waals surface area contributed by atoms with Gasteiger partial charge < -0.3 is 5.11 Å². The van der Waals surface area contributed by atoms with Gasteiger partial charge in [-0.25, -0.2) is 12.7 Å². The first kappa shape index (κ1) is 18.8. The molecule has 0 radical (unpaired) electrons. The van der Waals surface area contributed by atoms with E-state index in [-0.39, 0.29) is 16.6 Å². The maximum absolute atomic E-state index is 13.4. The van der Waals surface area contributed by atoms with Crippen LogP contribution in [-0.2, 0) is 15.4 Å². The second-order valence-electron chi connectivity index (χ2n) is 10.1. The molecule has 1 spiro atoms. The largest absolute Gasteiger partial charge is 0.392 e. The Balaban J connectivity index is 1.35. The van der Waals surface area contributed by atoms with Crippen LogP contribution in [0.5, 0.6) is 0 Å². The molecule has 2 bridgehead atoms. The highest BCUT2D eigenvalue weighted by Gasteiger charge is 2.65. The first-order chi connectivity index (χ1) is 13.2. The van der Waals surface area contributed by atoms with Crippen molar-refractivity contribution < 1.29 is 13.5 Å². The van der Waals surface area contributed by atoms with Gasteiger partial charge in [0.2, 0.25) is 10.0 Å². The van der Waals surface area contributed by atoms with Crippen LogP contribution in [0.4, 0.5) is 0 Å². The lowest BCUT2D eigenvalue weighted by Gasteiger charge is -2.43. The molecule has 5 rings (SSSR count). The van der Waals surface area contributed by atoms with E-state index >= 15 is 0 Å². The number of hydrogen-bond acceptors (Lipinski definition) is 3. The van der Waals surface area contributed by atoms with Gasteiger partial charge in [0.05, 0.1) is 11.9 Å². The molecule has 1 aromatic carbocycles. The van der Waals surface area contributed by atoms with E-state index in [4.69, 9.17) is 0 Å². The molecule has 152 valence electrons. The van der Waals surface area contributed by atoms with Gasteiger partial charge in [0.15, 0.2) is 0 Å². The number of aliphatic hydroxyl groups is 1. The Kier molecular flexibility index (Phi) is 3.99. The number of rotatable bonds is 3. The van der Waals surface area contributed by atoms with Crippen LogP contribution in [0.2, 0.25) is 0 Å². The topological polar surface area (TPSA) is 57.6 Å². The molecule has 28 heavy (non-hydrogen) atoms. The molecule has 2 unspecified atom stereocenters. The van der Waals surface area contributed by atoms with Gasteiger partial charge in [0, 0.05) is 23.9 Å². The molecular formula is C23H31NO3S. The zero-order valence-electron chi connectivity index (χ0n) is 16.9.